The van der Waals surface area contributed by atoms with Crippen LogP contribution in [0.5, 0.6) is 0 Å². The van der Waals surface area contributed by atoms with Crippen LogP contribution in [0.3, 0.4) is 0 Å². The first-order valence-corrected chi connectivity index (χ1v) is 10.9. The van der Waals surface area contributed by atoms with Crippen molar-refractivity contribution < 1.29 is 8.42 Å². The quantitative estimate of drug-likeness (QED) is 0.477. The van der Waals surface area contributed by atoms with Gasteiger partial charge in [-0.3, -0.25) is 4.98 Å². The lowest BCUT2D eigenvalue weighted by molar-refractivity contribution is 0.397. The van der Waals surface area contributed by atoms with Gasteiger partial charge < -0.3 is 0 Å². The highest BCUT2D eigenvalue weighted by Crippen LogP contribution is 2.25. The van der Waals surface area contributed by atoms with Gasteiger partial charge in [0.05, 0.1) is 17.1 Å². The Balaban J connectivity index is 1.73. The Morgan fingerprint density at radius 3 is 2.44 bits per heavy atom. The van der Waals surface area contributed by atoms with Crippen molar-refractivity contribution in [3.63, 3.8) is 0 Å². The lowest BCUT2D eigenvalue weighted by Crippen LogP contribution is -2.30. The molecule has 0 fully saturated rings. The second-order valence-corrected chi connectivity index (χ2v) is 8.95. The Labute approximate surface area is 162 Å². The van der Waals surface area contributed by atoms with Gasteiger partial charge in [0.25, 0.3) is 0 Å². The molecule has 2 heterocycles. The fraction of sp³-hybridized carbons (Fsp3) is 0.0952. The lowest BCUT2D eigenvalue weighted by atomic mass is 10.1. The molecule has 2 aromatic heterocycles. The van der Waals surface area contributed by atoms with E-state index in [4.69, 9.17) is 0 Å². The number of fused-ring (bicyclic) bond motifs is 1. The second-order valence-electron chi connectivity index (χ2n) is 6.23. The fourth-order valence-corrected chi connectivity index (χ4v) is 5.06. The summed E-state index contributed by atoms with van der Waals surface area (Å²) in [4.78, 5) is 4.60. The molecule has 0 aliphatic rings. The minimum Gasteiger partial charge on any atom is -0.260 e. The van der Waals surface area contributed by atoms with Gasteiger partial charge in [-0.25, -0.2) is 8.42 Å². The van der Waals surface area contributed by atoms with Crippen molar-refractivity contribution in [2.24, 2.45) is 0 Å². The zero-order valence-electron chi connectivity index (χ0n) is 14.5. The highest BCUT2D eigenvalue weighted by molar-refractivity contribution is 7.89. The van der Waals surface area contributed by atoms with Gasteiger partial charge in [0.2, 0.25) is 10.0 Å². The highest BCUT2D eigenvalue weighted by atomic mass is 32.2. The van der Waals surface area contributed by atoms with Crippen LogP contribution in [0.25, 0.3) is 10.8 Å². The highest BCUT2D eigenvalue weighted by Gasteiger charge is 2.25. The van der Waals surface area contributed by atoms with Crippen LogP contribution in [0, 0.1) is 0 Å². The monoisotopic (exact) mass is 394 g/mol. The number of rotatable bonds is 6. The van der Waals surface area contributed by atoms with Gasteiger partial charge in [-0.2, -0.15) is 15.6 Å². The molecule has 0 N–H and O–H groups in total. The zero-order valence-corrected chi connectivity index (χ0v) is 16.2. The standard InChI is InChI=1S/C21H18N2O2S2/c24-27(25,21-9-8-18-5-1-2-6-19(18)13-21)23(14-17-10-12-26-16-17)15-20-7-3-4-11-22-20/h1-13,16H,14-15H2. The summed E-state index contributed by atoms with van der Waals surface area (Å²) < 4.78 is 28.3. The van der Waals surface area contributed by atoms with Crippen LogP contribution in [-0.4, -0.2) is 17.7 Å². The molecule has 0 aliphatic carbocycles. The van der Waals surface area contributed by atoms with Crippen LogP contribution < -0.4 is 0 Å². The van der Waals surface area contributed by atoms with Crippen LogP contribution in [0.4, 0.5) is 0 Å². The van der Waals surface area contributed by atoms with E-state index in [0.29, 0.717) is 11.4 Å². The van der Waals surface area contributed by atoms with Crippen LogP contribution in [0.2, 0.25) is 0 Å². The van der Waals surface area contributed by atoms with Crippen molar-refractivity contribution in [3.05, 3.63) is 94.9 Å². The van der Waals surface area contributed by atoms with Crippen molar-refractivity contribution in [1.29, 1.82) is 0 Å². The summed E-state index contributed by atoms with van der Waals surface area (Å²) in [6.07, 6.45) is 1.68. The van der Waals surface area contributed by atoms with Gasteiger partial charge in [-0.1, -0.05) is 36.4 Å². The third kappa shape index (κ3) is 3.93. The van der Waals surface area contributed by atoms with Gasteiger partial charge in [-0.05, 0) is 57.4 Å². The molecule has 2 aromatic carbocycles. The summed E-state index contributed by atoms with van der Waals surface area (Å²) in [6.45, 7) is 0.543. The third-order valence-electron chi connectivity index (χ3n) is 4.36. The molecule has 4 aromatic rings. The molecule has 0 atom stereocenters. The van der Waals surface area contributed by atoms with Crippen LogP contribution >= 0.6 is 11.3 Å². The molecule has 0 aliphatic heterocycles. The maximum Gasteiger partial charge on any atom is 0.243 e. The van der Waals surface area contributed by atoms with E-state index >= 15 is 0 Å². The van der Waals surface area contributed by atoms with E-state index in [-0.39, 0.29) is 6.54 Å². The number of hydrogen-bond acceptors (Lipinski definition) is 4. The van der Waals surface area contributed by atoms with E-state index in [9.17, 15) is 8.42 Å². The maximum atomic E-state index is 13.4. The van der Waals surface area contributed by atoms with E-state index in [0.717, 1.165) is 22.0 Å². The first-order valence-electron chi connectivity index (χ1n) is 8.53. The van der Waals surface area contributed by atoms with Crippen molar-refractivity contribution in [3.8, 4) is 0 Å². The Morgan fingerprint density at radius 2 is 1.70 bits per heavy atom. The molecule has 4 rings (SSSR count). The molecule has 6 heteroatoms. The lowest BCUT2D eigenvalue weighted by Gasteiger charge is -2.22. The van der Waals surface area contributed by atoms with Crippen LogP contribution in [0.15, 0.2) is 88.6 Å². The fourth-order valence-electron chi connectivity index (χ4n) is 2.96. The molecule has 0 amide bonds. The predicted octanol–water partition coefficient (Wildman–Crippen LogP) is 4.69. The molecule has 0 radical (unpaired) electrons. The number of hydrogen-bond donors (Lipinski definition) is 0. The molecule has 0 bridgehead atoms. The van der Waals surface area contributed by atoms with Crippen LogP contribution in [0.1, 0.15) is 11.3 Å². The molecule has 0 saturated heterocycles. The normalized spacial score (nSPS) is 11.9. The topological polar surface area (TPSA) is 50.3 Å². The summed E-state index contributed by atoms with van der Waals surface area (Å²) in [5.74, 6) is 0. The van der Waals surface area contributed by atoms with Gasteiger partial charge in [0, 0.05) is 12.7 Å². The largest absolute Gasteiger partial charge is 0.260 e. The van der Waals surface area contributed by atoms with Gasteiger partial charge in [-0.15, -0.1) is 0 Å². The average molecular weight is 395 g/mol. The Morgan fingerprint density at radius 1 is 0.889 bits per heavy atom. The summed E-state index contributed by atoms with van der Waals surface area (Å²) in [7, 11) is -3.67. The average Bonchev–Trinajstić information content (AvgIpc) is 3.21. The molecule has 4 nitrogen and oxygen atoms in total. The summed E-state index contributed by atoms with van der Waals surface area (Å²) in [5.41, 5.74) is 1.69. The van der Waals surface area contributed by atoms with E-state index in [1.807, 2.05) is 65.4 Å². The minimum atomic E-state index is -3.67. The van der Waals surface area contributed by atoms with Gasteiger partial charge in [0.15, 0.2) is 0 Å². The molecule has 136 valence electrons. The number of benzene rings is 2. The zero-order chi connectivity index (χ0) is 18.7. The number of aromatic nitrogens is 1. The van der Waals surface area contributed by atoms with Gasteiger partial charge in [0.1, 0.15) is 0 Å². The SMILES string of the molecule is O=S(=O)(c1ccc2ccccc2c1)N(Cc1ccsc1)Cc1ccccn1. The summed E-state index contributed by atoms with van der Waals surface area (Å²) in [6, 6.07) is 20.5. The predicted molar refractivity (Wildman–Crippen MR) is 109 cm³/mol. The molecular weight excluding hydrogens is 376 g/mol. The Hall–Kier alpha value is -2.54. The Bertz CT molecular complexity index is 1140. The molecule has 0 spiro atoms. The van der Waals surface area contributed by atoms with E-state index in [2.05, 4.69) is 4.98 Å². The number of sulfonamides is 1. The molecular formula is C21H18N2O2S2. The Kier molecular flexibility index (Phi) is 5.03. The smallest absolute Gasteiger partial charge is 0.243 e. The molecule has 0 saturated carbocycles. The minimum absolute atomic E-state index is 0.228. The second kappa shape index (κ2) is 7.60. The van der Waals surface area contributed by atoms with Crippen LogP contribution in [-0.2, 0) is 23.1 Å². The van der Waals surface area contributed by atoms with Crippen molar-refractivity contribution in [2.45, 2.75) is 18.0 Å². The summed E-state index contributed by atoms with van der Waals surface area (Å²) in [5, 5.41) is 5.86. The van der Waals surface area contributed by atoms with E-state index in [1.54, 1.807) is 29.7 Å². The van der Waals surface area contributed by atoms with E-state index < -0.39 is 10.0 Å². The third-order valence-corrected chi connectivity index (χ3v) is 6.88. The van der Waals surface area contributed by atoms with Gasteiger partial charge >= 0.3 is 0 Å². The number of thiophene rings is 1. The summed E-state index contributed by atoms with van der Waals surface area (Å²) >= 11 is 1.56. The maximum absolute atomic E-state index is 13.4. The van der Waals surface area contributed by atoms with Crippen molar-refractivity contribution >= 4 is 32.1 Å². The first-order chi connectivity index (χ1) is 13.1. The number of nitrogens with zero attached hydrogens (tertiary/aromatic N) is 2. The van der Waals surface area contributed by atoms with Crippen molar-refractivity contribution in [1.82, 2.24) is 9.29 Å². The molecule has 27 heavy (non-hydrogen) atoms. The van der Waals surface area contributed by atoms with E-state index in [1.165, 1.54) is 4.31 Å². The number of pyridine rings is 1. The first kappa shape index (κ1) is 17.9. The van der Waals surface area contributed by atoms with Crippen molar-refractivity contribution in [2.75, 3.05) is 0 Å². The molecule has 0 unspecified atom stereocenters.